The lowest BCUT2D eigenvalue weighted by Gasteiger charge is -2.13. The molecule has 0 aliphatic carbocycles. The monoisotopic (exact) mass is 265 g/mol. The molecule has 2 aromatic rings. The second kappa shape index (κ2) is 5.09. The molecule has 1 aromatic carbocycles. The van der Waals surface area contributed by atoms with E-state index >= 15 is 0 Å². The lowest BCUT2D eigenvalue weighted by atomic mass is 9.98. The van der Waals surface area contributed by atoms with Crippen molar-refractivity contribution in [2.24, 2.45) is 12.8 Å². The van der Waals surface area contributed by atoms with Gasteiger partial charge in [-0.05, 0) is 31.9 Å². The third-order valence-corrected chi connectivity index (χ3v) is 3.39. The minimum atomic E-state index is -0.580. The summed E-state index contributed by atoms with van der Waals surface area (Å²) in [6, 6.07) is 3.21. The maximum atomic E-state index is 13.6. The van der Waals surface area contributed by atoms with Crippen molar-refractivity contribution >= 4 is 0 Å². The van der Waals surface area contributed by atoms with Crippen molar-refractivity contribution in [1.29, 1.82) is 0 Å². The molecule has 1 aromatic heterocycles. The number of benzene rings is 1. The average molecular weight is 265 g/mol. The Balaban J connectivity index is 2.28. The first-order valence-electron chi connectivity index (χ1n) is 6.09. The molecule has 102 valence electrons. The molecule has 0 amide bonds. The zero-order valence-corrected chi connectivity index (χ0v) is 11.2. The number of halogens is 2. The first-order chi connectivity index (χ1) is 8.90. The Bertz CT molecular complexity index is 605. The number of hydrogen-bond donors (Lipinski definition) is 1. The highest BCUT2D eigenvalue weighted by atomic mass is 19.1. The van der Waals surface area contributed by atoms with E-state index in [1.165, 1.54) is 12.1 Å². The molecule has 0 bridgehead atoms. The second-order valence-corrected chi connectivity index (χ2v) is 4.75. The second-order valence-electron chi connectivity index (χ2n) is 4.75. The van der Waals surface area contributed by atoms with Crippen LogP contribution in [0.1, 0.15) is 28.6 Å². The number of nitrogens with two attached hydrogens (primary N) is 1. The molecule has 1 atom stereocenters. The van der Waals surface area contributed by atoms with Crippen LogP contribution in [0.5, 0.6) is 0 Å². The van der Waals surface area contributed by atoms with E-state index in [2.05, 4.69) is 5.10 Å². The van der Waals surface area contributed by atoms with Crippen molar-refractivity contribution in [3.05, 3.63) is 52.3 Å². The predicted octanol–water partition coefficient (Wildman–Crippen LogP) is 2.56. The number of nitrogens with zero attached hydrogens (tertiary/aromatic N) is 2. The zero-order valence-electron chi connectivity index (χ0n) is 11.2. The van der Waals surface area contributed by atoms with Gasteiger partial charge in [0.2, 0.25) is 0 Å². The van der Waals surface area contributed by atoms with Gasteiger partial charge in [-0.3, -0.25) is 4.68 Å². The fourth-order valence-electron chi connectivity index (χ4n) is 2.35. The fourth-order valence-corrected chi connectivity index (χ4v) is 2.35. The van der Waals surface area contributed by atoms with E-state index in [4.69, 9.17) is 5.73 Å². The average Bonchev–Trinajstić information content (AvgIpc) is 2.57. The van der Waals surface area contributed by atoms with Gasteiger partial charge < -0.3 is 5.73 Å². The fraction of sp³-hybridized carbons (Fsp3) is 0.357. The largest absolute Gasteiger partial charge is 0.324 e. The molecular weight excluding hydrogens is 248 g/mol. The van der Waals surface area contributed by atoms with Crippen LogP contribution in [0.3, 0.4) is 0 Å². The topological polar surface area (TPSA) is 43.8 Å². The summed E-state index contributed by atoms with van der Waals surface area (Å²) in [5.41, 5.74) is 9.28. The van der Waals surface area contributed by atoms with Gasteiger partial charge in [-0.2, -0.15) is 5.10 Å². The van der Waals surface area contributed by atoms with Gasteiger partial charge in [0, 0.05) is 30.4 Å². The molecule has 0 aliphatic rings. The van der Waals surface area contributed by atoms with Gasteiger partial charge in [0.1, 0.15) is 11.6 Å². The maximum absolute atomic E-state index is 13.6. The molecule has 3 nitrogen and oxygen atoms in total. The molecule has 0 saturated carbocycles. The van der Waals surface area contributed by atoms with Gasteiger partial charge >= 0.3 is 0 Å². The first kappa shape index (κ1) is 13.7. The summed E-state index contributed by atoms with van der Waals surface area (Å²) in [6.45, 7) is 3.80. The Hall–Kier alpha value is -1.75. The Morgan fingerprint density at radius 2 is 2.00 bits per heavy atom. The van der Waals surface area contributed by atoms with Gasteiger partial charge in [0.25, 0.3) is 0 Å². The maximum Gasteiger partial charge on any atom is 0.129 e. The lowest BCUT2D eigenvalue weighted by Crippen LogP contribution is -2.16. The van der Waals surface area contributed by atoms with Crippen molar-refractivity contribution < 1.29 is 8.78 Å². The van der Waals surface area contributed by atoms with E-state index in [0.29, 0.717) is 12.0 Å². The molecule has 0 spiro atoms. The standard InChI is InChI=1S/C14H17F2N3/c1-8-14(9(2)19(3)18-8)13(17)6-10-4-5-11(15)7-12(10)16/h4-5,7,13H,6,17H2,1-3H3. The van der Waals surface area contributed by atoms with Crippen LogP contribution < -0.4 is 5.73 Å². The van der Waals surface area contributed by atoms with Gasteiger partial charge in [-0.1, -0.05) is 6.07 Å². The SMILES string of the molecule is Cc1nn(C)c(C)c1C(N)Cc1ccc(F)cc1F. The van der Waals surface area contributed by atoms with Crippen molar-refractivity contribution in [3.63, 3.8) is 0 Å². The molecule has 0 saturated heterocycles. The number of aromatic nitrogens is 2. The number of aryl methyl sites for hydroxylation is 2. The quantitative estimate of drug-likeness (QED) is 0.927. The molecule has 5 heteroatoms. The molecule has 1 unspecified atom stereocenters. The summed E-state index contributed by atoms with van der Waals surface area (Å²) >= 11 is 0. The van der Waals surface area contributed by atoms with Crippen molar-refractivity contribution in [3.8, 4) is 0 Å². The van der Waals surface area contributed by atoms with Crippen LogP contribution in [0.25, 0.3) is 0 Å². The van der Waals surface area contributed by atoms with E-state index in [0.717, 1.165) is 23.0 Å². The van der Waals surface area contributed by atoms with Crippen LogP contribution in [-0.4, -0.2) is 9.78 Å². The third-order valence-electron chi connectivity index (χ3n) is 3.39. The summed E-state index contributed by atoms with van der Waals surface area (Å²) in [4.78, 5) is 0. The Morgan fingerprint density at radius 3 is 2.53 bits per heavy atom. The minimum absolute atomic E-state index is 0.319. The molecule has 19 heavy (non-hydrogen) atoms. The van der Waals surface area contributed by atoms with Gasteiger partial charge in [-0.25, -0.2) is 8.78 Å². The minimum Gasteiger partial charge on any atom is -0.324 e. The van der Waals surface area contributed by atoms with E-state index in [-0.39, 0.29) is 6.04 Å². The summed E-state index contributed by atoms with van der Waals surface area (Å²) in [6.07, 6.45) is 0.319. The molecule has 0 fully saturated rings. The Kier molecular flexibility index (Phi) is 3.66. The third kappa shape index (κ3) is 2.66. The van der Waals surface area contributed by atoms with E-state index < -0.39 is 11.6 Å². The summed E-state index contributed by atoms with van der Waals surface area (Å²) < 4.78 is 28.2. The van der Waals surface area contributed by atoms with Crippen molar-refractivity contribution in [1.82, 2.24) is 9.78 Å². The zero-order chi connectivity index (χ0) is 14.2. The van der Waals surface area contributed by atoms with E-state index in [1.54, 1.807) is 4.68 Å². The predicted molar refractivity (Wildman–Crippen MR) is 69.7 cm³/mol. The Morgan fingerprint density at radius 1 is 1.32 bits per heavy atom. The van der Waals surface area contributed by atoms with Crippen LogP contribution in [-0.2, 0) is 13.5 Å². The summed E-state index contributed by atoms with van der Waals surface area (Å²) in [5, 5.41) is 4.29. The van der Waals surface area contributed by atoms with E-state index in [1.807, 2.05) is 20.9 Å². The van der Waals surface area contributed by atoms with Crippen LogP contribution in [0.4, 0.5) is 8.78 Å². The Labute approximate surface area is 111 Å². The number of rotatable bonds is 3. The molecule has 1 heterocycles. The summed E-state index contributed by atoms with van der Waals surface area (Å²) in [7, 11) is 1.84. The van der Waals surface area contributed by atoms with Crippen molar-refractivity contribution in [2.75, 3.05) is 0 Å². The van der Waals surface area contributed by atoms with E-state index in [9.17, 15) is 8.78 Å². The highest BCUT2D eigenvalue weighted by Crippen LogP contribution is 2.23. The molecular formula is C14H17F2N3. The van der Waals surface area contributed by atoms with Gasteiger partial charge in [0.05, 0.1) is 5.69 Å². The first-order valence-corrected chi connectivity index (χ1v) is 6.09. The normalized spacial score (nSPS) is 12.7. The van der Waals surface area contributed by atoms with Crippen molar-refractivity contribution in [2.45, 2.75) is 26.3 Å². The highest BCUT2D eigenvalue weighted by Gasteiger charge is 2.18. The molecule has 0 radical (unpaired) electrons. The molecule has 2 rings (SSSR count). The smallest absolute Gasteiger partial charge is 0.129 e. The van der Waals surface area contributed by atoms with Crippen LogP contribution in [0, 0.1) is 25.5 Å². The molecule has 0 aliphatic heterocycles. The highest BCUT2D eigenvalue weighted by molar-refractivity contribution is 5.30. The van der Waals surface area contributed by atoms with Crippen LogP contribution >= 0.6 is 0 Å². The number of hydrogen-bond acceptors (Lipinski definition) is 2. The van der Waals surface area contributed by atoms with Gasteiger partial charge in [0.15, 0.2) is 0 Å². The summed E-state index contributed by atoms with van der Waals surface area (Å²) in [5.74, 6) is -1.14. The molecule has 2 N–H and O–H groups in total. The van der Waals surface area contributed by atoms with Gasteiger partial charge in [-0.15, -0.1) is 0 Å². The van der Waals surface area contributed by atoms with Crippen LogP contribution in [0.15, 0.2) is 18.2 Å². The lowest BCUT2D eigenvalue weighted by molar-refractivity contribution is 0.562. The van der Waals surface area contributed by atoms with Crippen LogP contribution in [0.2, 0.25) is 0 Å².